The first kappa shape index (κ1) is 21.0. The van der Waals surface area contributed by atoms with Gasteiger partial charge in [0.2, 0.25) is 5.91 Å². The molecule has 2 amide bonds. The summed E-state index contributed by atoms with van der Waals surface area (Å²) in [5, 5.41) is 11.4. The minimum Gasteiger partial charge on any atom is -0.353 e. The molecular weight excluding hydrogens is 366 g/mol. The van der Waals surface area contributed by atoms with Gasteiger partial charge in [0.1, 0.15) is 0 Å². The molecule has 1 fully saturated rings. The van der Waals surface area contributed by atoms with E-state index in [0.717, 1.165) is 16.9 Å². The van der Waals surface area contributed by atoms with E-state index in [4.69, 9.17) is 0 Å². The lowest BCUT2D eigenvalue weighted by Gasteiger charge is -2.32. The van der Waals surface area contributed by atoms with Crippen LogP contribution in [0.2, 0.25) is 0 Å². The number of piperidine rings is 1. The van der Waals surface area contributed by atoms with Crippen LogP contribution in [0.5, 0.6) is 0 Å². The average Bonchev–Trinajstić information content (AvgIpc) is 3.08. The summed E-state index contributed by atoms with van der Waals surface area (Å²) in [7, 11) is 0. The molecule has 1 N–H and O–H groups in total. The van der Waals surface area contributed by atoms with Crippen LogP contribution in [-0.4, -0.2) is 50.8 Å². The zero-order valence-electron chi connectivity index (χ0n) is 18.0. The number of rotatable bonds is 5. The Morgan fingerprint density at radius 3 is 2.45 bits per heavy atom. The highest BCUT2D eigenvalue weighted by Gasteiger charge is 2.30. The third-order valence-corrected chi connectivity index (χ3v) is 5.87. The maximum atomic E-state index is 13.0. The van der Waals surface area contributed by atoms with Gasteiger partial charge in [0.05, 0.1) is 11.4 Å². The quantitative estimate of drug-likeness (QED) is 0.841. The summed E-state index contributed by atoms with van der Waals surface area (Å²) in [5.74, 6) is 0.347. The fourth-order valence-electron chi connectivity index (χ4n) is 3.54. The van der Waals surface area contributed by atoms with E-state index < -0.39 is 0 Å². The standard InChI is InChI=1S/C22H31N5O2/c1-14(2)16(4)23-21(28)18-9-11-26(12-10-18)22(29)20-17(5)27(25-24-20)19-8-6-7-15(3)13-19/h6-8,13-14,16,18H,9-12H2,1-5H3,(H,23,28). The van der Waals surface area contributed by atoms with Crippen molar-refractivity contribution >= 4 is 11.8 Å². The first-order chi connectivity index (χ1) is 13.8. The molecule has 2 heterocycles. The third-order valence-electron chi connectivity index (χ3n) is 5.87. The van der Waals surface area contributed by atoms with Crippen molar-refractivity contribution in [3.05, 3.63) is 41.2 Å². The molecule has 0 bridgehead atoms. The smallest absolute Gasteiger partial charge is 0.276 e. The van der Waals surface area contributed by atoms with Crippen LogP contribution in [0.15, 0.2) is 24.3 Å². The lowest BCUT2D eigenvalue weighted by molar-refractivity contribution is -0.127. The van der Waals surface area contributed by atoms with Gasteiger partial charge in [0, 0.05) is 25.0 Å². The Labute approximate surface area is 172 Å². The topological polar surface area (TPSA) is 80.1 Å². The van der Waals surface area contributed by atoms with Gasteiger partial charge >= 0.3 is 0 Å². The predicted molar refractivity (Wildman–Crippen MR) is 112 cm³/mol. The summed E-state index contributed by atoms with van der Waals surface area (Å²) in [6, 6.07) is 8.10. The van der Waals surface area contributed by atoms with Gasteiger partial charge in [0.25, 0.3) is 5.91 Å². The molecule has 3 rings (SSSR count). The Hall–Kier alpha value is -2.70. The molecule has 0 saturated carbocycles. The fourth-order valence-corrected chi connectivity index (χ4v) is 3.54. The van der Waals surface area contributed by atoms with Gasteiger partial charge in [-0.3, -0.25) is 9.59 Å². The molecule has 2 aromatic rings. The van der Waals surface area contributed by atoms with Crippen LogP contribution < -0.4 is 5.32 Å². The summed E-state index contributed by atoms with van der Waals surface area (Å²) in [6.45, 7) is 11.2. The number of benzene rings is 1. The Morgan fingerprint density at radius 1 is 1.14 bits per heavy atom. The lowest BCUT2D eigenvalue weighted by atomic mass is 9.94. The van der Waals surface area contributed by atoms with Crippen molar-refractivity contribution in [2.45, 2.75) is 53.5 Å². The normalized spacial score (nSPS) is 16.1. The van der Waals surface area contributed by atoms with Crippen LogP contribution in [0.1, 0.15) is 55.4 Å². The Kier molecular flexibility index (Phi) is 6.35. The Morgan fingerprint density at radius 2 is 1.83 bits per heavy atom. The van der Waals surface area contributed by atoms with Gasteiger partial charge in [-0.05, 0) is 57.2 Å². The van der Waals surface area contributed by atoms with Crippen molar-refractivity contribution in [3.8, 4) is 5.69 Å². The van der Waals surface area contributed by atoms with E-state index in [0.29, 0.717) is 37.5 Å². The summed E-state index contributed by atoms with van der Waals surface area (Å²) in [4.78, 5) is 27.2. The van der Waals surface area contributed by atoms with Gasteiger partial charge in [-0.1, -0.05) is 31.2 Å². The minimum atomic E-state index is -0.115. The van der Waals surface area contributed by atoms with E-state index in [1.807, 2.05) is 45.0 Å². The molecule has 0 radical (unpaired) electrons. The zero-order valence-corrected chi connectivity index (χ0v) is 18.0. The van der Waals surface area contributed by atoms with E-state index >= 15 is 0 Å². The highest BCUT2D eigenvalue weighted by Crippen LogP contribution is 2.21. The van der Waals surface area contributed by atoms with Crippen molar-refractivity contribution in [1.29, 1.82) is 0 Å². The van der Waals surface area contributed by atoms with Gasteiger partial charge in [0.15, 0.2) is 5.69 Å². The fraction of sp³-hybridized carbons (Fsp3) is 0.545. The number of hydrogen-bond donors (Lipinski definition) is 1. The second-order valence-corrected chi connectivity index (χ2v) is 8.38. The number of nitrogens with zero attached hydrogens (tertiary/aromatic N) is 4. The van der Waals surface area contributed by atoms with Crippen LogP contribution in [-0.2, 0) is 4.79 Å². The zero-order chi connectivity index (χ0) is 21.1. The van der Waals surface area contributed by atoms with Crippen LogP contribution in [0.3, 0.4) is 0 Å². The van der Waals surface area contributed by atoms with Crippen molar-refractivity contribution in [1.82, 2.24) is 25.2 Å². The maximum absolute atomic E-state index is 13.0. The van der Waals surface area contributed by atoms with E-state index in [-0.39, 0.29) is 23.8 Å². The van der Waals surface area contributed by atoms with Gasteiger partial charge in [-0.2, -0.15) is 0 Å². The first-order valence-electron chi connectivity index (χ1n) is 10.4. The molecule has 1 aromatic heterocycles. The van der Waals surface area contributed by atoms with E-state index in [1.165, 1.54) is 0 Å². The van der Waals surface area contributed by atoms with E-state index in [1.54, 1.807) is 9.58 Å². The molecule has 7 heteroatoms. The monoisotopic (exact) mass is 397 g/mol. The van der Waals surface area contributed by atoms with Crippen molar-refractivity contribution in [2.24, 2.45) is 11.8 Å². The highest BCUT2D eigenvalue weighted by atomic mass is 16.2. The van der Waals surface area contributed by atoms with Crippen molar-refractivity contribution < 1.29 is 9.59 Å². The Balaban J connectivity index is 1.64. The summed E-state index contributed by atoms with van der Waals surface area (Å²) < 4.78 is 1.70. The molecule has 1 aromatic carbocycles. The second kappa shape index (κ2) is 8.76. The van der Waals surface area contributed by atoms with Crippen molar-refractivity contribution in [3.63, 3.8) is 0 Å². The first-order valence-corrected chi connectivity index (χ1v) is 10.4. The molecule has 7 nitrogen and oxygen atoms in total. The number of amides is 2. The van der Waals surface area contributed by atoms with Crippen LogP contribution in [0.25, 0.3) is 5.69 Å². The molecule has 0 aliphatic carbocycles. The average molecular weight is 398 g/mol. The number of aromatic nitrogens is 3. The number of aryl methyl sites for hydroxylation is 1. The SMILES string of the molecule is Cc1cccc(-n2nnc(C(=O)N3CCC(C(=O)NC(C)C(C)C)CC3)c2C)c1. The molecule has 1 aliphatic heterocycles. The molecule has 1 saturated heterocycles. The lowest BCUT2D eigenvalue weighted by Crippen LogP contribution is -2.46. The number of hydrogen-bond acceptors (Lipinski definition) is 4. The minimum absolute atomic E-state index is 0.0377. The number of nitrogens with one attached hydrogen (secondary N) is 1. The van der Waals surface area contributed by atoms with Gasteiger partial charge < -0.3 is 10.2 Å². The van der Waals surface area contributed by atoms with Crippen LogP contribution in [0, 0.1) is 25.7 Å². The number of carbonyl (C=O) groups is 2. The molecule has 1 unspecified atom stereocenters. The largest absolute Gasteiger partial charge is 0.353 e. The second-order valence-electron chi connectivity index (χ2n) is 8.38. The van der Waals surface area contributed by atoms with E-state index in [2.05, 4.69) is 29.5 Å². The molecule has 156 valence electrons. The summed E-state index contributed by atoms with van der Waals surface area (Å²) in [6.07, 6.45) is 1.35. The summed E-state index contributed by atoms with van der Waals surface area (Å²) >= 11 is 0. The van der Waals surface area contributed by atoms with Crippen LogP contribution in [0.4, 0.5) is 0 Å². The maximum Gasteiger partial charge on any atom is 0.276 e. The molecule has 1 atom stereocenters. The number of likely N-dealkylation sites (tertiary alicyclic amines) is 1. The van der Waals surface area contributed by atoms with Crippen molar-refractivity contribution in [2.75, 3.05) is 13.1 Å². The molecule has 29 heavy (non-hydrogen) atoms. The van der Waals surface area contributed by atoms with Crippen LogP contribution >= 0.6 is 0 Å². The summed E-state index contributed by atoms with van der Waals surface area (Å²) in [5.41, 5.74) is 3.12. The molecule has 0 spiro atoms. The van der Waals surface area contributed by atoms with Gasteiger partial charge in [-0.25, -0.2) is 4.68 Å². The number of carbonyl (C=O) groups excluding carboxylic acids is 2. The van der Waals surface area contributed by atoms with Gasteiger partial charge in [-0.15, -0.1) is 5.10 Å². The molecule has 1 aliphatic rings. The third kappa shape index (κ3) is 4.66. The highest BCUT2D eigenvalue weighted by molar-refractivity contribution is 5.93. The Bertz CT molecular complexity index is 881. The van der Waals surface area contributed by atoms with E-state index in [9.17, 15) is 9.59 Å². The molecular formula is C22H31N5O2. The predicted octanol–water partition coefficient (Wildman–Crippen LogP) is 2.90.